The first-order chi connectivity index (χ1) is 8.75. The molecule has 1 aliphatic heterocycles. The summed E-state index contributed by atoms with van der Waals surface area (Å²) in [6.45, 7) is 1.66. The van der Waals surface area contributed by atoms with Gasteiger partial charge < -0.3 is 10.2 Å². The minimum absolute atomic E-state index is 0.00279. The van der Waals surface area contributed by atoms with Crippen LogP contribution in [0.2, 0.25) is 0 Å². The molecule has 0 radical (unpaired) electrons. The van der Waals surface area contributed by atoms with Gasteiger partial charge in [-0.15, -0.1) is 0 Å². The van der Waals surface area contributed by atoms with E-state index in [2.05, 4.69) is 5.32 Å². The van der Waals surface area contributed by atoms with Gasteiger partial charge in [0, 0.05) is 19.1 Å². The molecule has 2 aliphatic rings. The van der Waals surface area contributed by atoms with Gasteiger partial charge >= 0.3 is 0 Å². The van der Waals surface area contributed by atoms with E-state index in [-0.39, 0.29) is 18.2 Å². The van der Waals surface area contributed by atoms with Gasteiger partial charge in [-0.3, -0.25) is 9.59 Å². The molecular weight excluding hydrogens is 228 g/mol. The second kappa shape index (κ2) is 6.76. The van der Waals surface area contributed by atoms with Gasteiger partial charge in [0.25, 0.3) is 0 Å². The lowest BCUT2D eigenvalue weighted by molar-refractivity contribution is -0.137. The van der Waals surface area contributed by atoms with Crippen LogP contribution in [0.4, 0.5) is 0 Å². The highest BCUT2D eigenvalue weighted by Crippen LogP contribution is 2.17. The van der Waals surface area contributed by atoms with E-state index in [4.69, 9.17) is 0 Å². The average molecular weight is 252 g/mol. The molecule has 0 unspecified atom stereocenters. The number of carbonyl (C=O) groups is 2. The van der Waals surface area contributed by atoms with E-state index in [0.29, 0.717) is 6.04 Å². The topological polar surface area (TPSA) is 49.4 Å². The molecule has 0 bridgehead atoms. The number of likely N-dealkylation sites (tertiary alicyclic amines) is 1. The monoisotopic (exact) mass is 252 g/mol. The summed E-state index contributed by atoms with van der Waals surface area (Å²) in [5.41, 5.74) is 0. The van der Waals surface area contributed by atoms with Crippen LogP contribution in [-0.2, 0) is 9.59 Å². The number of hydrogen-bond acceptors (Lipinski definition) is 2. The van der Waals surface area contributed by atoms with E-state index in [1.54, 1.807) is 0 Å². The molecule has 0 aromatic carbocycles. The van der Waals surface area contributed by atoms with Crippen LogP contribution in [0.1, 0.15) is 57.8 Å². The predicted octanol–water partition coefficient (Wildman–Crippen LogP) is 1.84. The Bertz CT molecular complexity index is 292. The molecule has 1 saturated carbocycles. The Morgan fingerprint density at radius 1 is 0.944 bits per heavy atom. The fourth-order valence-corrected chi connectivity index (χ4v) is 2.92. The maximum atomic E-state index is 11.9. The van der Waals surface area contributed by atoms with Crippen LogP contribution in [0.25, 0.3) is 0 Å². The van der Waals surface area contributed by atoms with Gasteiger partial charge in [0.2, 0.25) is 11.8 Å². The van der Waals surface area contributed by atoms with E-state index in [9.17, 15) is 9.59 Å². The minimum Gasteiger partial charge on any atom is -0.353 e. The number of nitrogens with zero attached hydrogens (tertiary/aromatic N) is 1. The summed E-state index contributed by atoms with van der Waals surface area (Å²) in [5, 5.41) is 3.00. The maximum absolute atomic E-state index is 11.9. The van der Waals surface area contributed by atoms with Gasteiger partial charge in [-0.1, -0.05) is 19.3 Å². The Balaban J connectivity index is 1.70. The Morgan fingerprint density at radius 2 is 1.56 bits per heavy atom. The molecular formula is C14H24N2O2. The van der Waals surface area contributed by atoms with Crippen LogP contribution in [-0.4, -0.2) is 35.8 Å². The fraction of sp³-hybridized carbons (Fsp3) is 0.857. The van der Waals surface area contributed by atoms with Gasteiger partial charge in [-0.05, 0) is 32.1 Å². The Kier molecular flexibility index (Phi) is 5.02. The number of piperidine rings is 1. The molecule has 1 saturated heterocycles. The van der Waals surface area contributed by atoms with Crippen molar-refractivity contribution in [2.45, 2.75) is 63.8 Å². The molecule has 2 amide bonds. The molecule has 4 nitrogen and oxygen atoms in total. The van der Waals surface area contributed by atoms with E-state index in [1.165, 1.54) is 25.7 Å². The van der Waals surface area contributed by atoms with E-state index >= 15 is 0 Å². The summed E-state index contributed by atoms with van der Waals surface area (Å²) >= 11 is 0. The summed E-state index contributed by atoms with van der Waals surface area (Å²) in [5.74, 6) is -0.0829. The van der Waals surface area contributed by atoms with Crippen LogP contribution in [0.15, 0.2) is 0 Å². The lowest BCUT2D eigenvalue weighted by atomic mass is 9.95. The maximum Gasteiger partial charge on any atom is 0.232 e. The standard InChI is InChI=1S/C14H24N2O2/c17-13(15-12-7-3-1-4-8-12)11-14(18)16-9-5-2-6-10-16/h12H,1-11H2,(H,15,17). The zero-order chi connectivity index (χ0) is 12.8. The molecule has 1 N–H and O–H groups in total. The van der Waals surface area contributed by atoms with Crippen LogP contribution in [0.5, 0.6) is 0 Å². The van der Waals surface area contributed by atoms with Crippen molar-refractivity contribution >= 4 is 11.8 Å². The second-order valence-electron chi connectivity index (χ2n) is 5.52. The second-order valence-corrected chi connectivity index (χ2v) is 5.52. The van der Waals surface area contributed by atoms with E-state index in [0.717, 1.165) is 38.8 Å². The predicted molar refractivity (Wildman–Crippen MR) is 70.1 cm³/mol. The molecule has 0 atom stereocenters. The number of rotatable bonds is 3. The molecule has 0 aromatic heterocycles. The molecule has 2 rings (SSSR count). The first-order valence-electron chi connectivity index (χ1n) is 7.33. The van der Waals surface area contributed by atoms with Crippen molar-refractivity contribution in [1.82, 2.24) is 10.2 Å². The van der Waals surface area contributed by atoms with Crippen molar-refractivity contribution < 1.29 is 9.59 Å². The number of amides is 2. The highest BCUT2D eigenvalue weighted by molar-refractivity contribution is 5.97. The lowest BCUT2D eigenvalue weighted by Crippen LogP contribution is -2.41. The smallest absolute Gasteiger partial charge is 0.232 e. The molecule has 1 heterocycles. The zero-order valence-corrected chi connectivity index (χ0v) is 11.1. The van der Waals surface area contributed by atoms with Gasteiger partial charge in [0.05, 0.1) is 0 Å². The zero-order valence-electron chi connectivity index (χ0n) is 11.1. The van der Waals surface area contributed by atoms with Crippen molar-refractivity contribution in [2.75, 3.05) is 13.1 Å². The van der Waals surface area contributed by atoms with Gasteiger partial charge in [-0.2, -0.15) is 0 Å². The summed E-state index contributed by atoms with van der Waals surface area (Å²) < 4.78 is 0. The Hall–Kier alpha value is -1.06. The van der Waals surface area contributed by atoms with Crippen molar-refractivity contribution in [2.24, 2.45) is 0 Å². The van der Waals surface area contributed by atoms with Crippen molar-refractivity contribution in [1.29, 1.82) is 0 Å². The first kappa shape index (κ1) is 13.4. The lowest BCUT2D eigenvalue weighted by Gasteiger charge is -2.27. The summed E-state index contributed by atoms with van der Waals surface area (Å²) in [4.78, 5) is 25.6. The van der Waals surface area contributed by atoms with Gasteiger partial charge in [0.15, 0.2) is 0 Å². The minimum atomic E-state index is -0.0857. The normalized spacial score (nSPS) is 21.7. The SMILES string of the molecule is O=C(CC(=O)N1CCCCC1)NC1CCCCC1. The highest BCUT2D eigenvalue weighted by Gasteiger charge is 2.21. The third-order valence-electron chi connectivity index (χ3n) is 3.99. The molecule has 4 heteroatoms. The van der Waals surface area contributed by atoms with E-state index < -0.39 is 0 Å². The molecule has 1 aliphatic carbocycles. The van der Waals surface area contributed by atoms with Crippen molar-refractivity contribution in [3.63, 3.8) is 0 Å². The molecule has 18 heavy (non-hydrogen) atoms. The van der Waals surface area contributed by atoms with Crippen molar-refractivity contribution in [3.8, 4) is 0 Å². The quantitative estimate of drug-likeness (QED) is 0.779. The largest absolute Gasteiger partial charge is 0.353 e. The third kappa shape index (κ3) is 4.00. The van der Waals surface area contributed by atoms with Gasteiger partial charge in [0.1, 0.15) is 6.42 Å². The first-order valence-corrected chi connectivity index (χ1v) is 7.33. The molecule has 0 aromatic rings. The summed E-state index contributed by atoms with van der Waals surface area (Å²) in [7, 11) is 0. The summed E-state index contributed by atoms with van der Waals surface area (Å²) in [6, 6.07) is 0.306. The highest BCUT2D eigenvalue weighted by atomic mass is 16.2. The van der Waals surface area contributed by atoms with Crippen LogP contribution < -0.4 is 5.32 Å². The molecule has 2 fully saturated rings. The Labute approximate surface area is 109 Å². The Morgan fingerprint density at radius 3 is 2.22 bits per heavy atom. The fourth-order valence-electron chi connectivity index (χ4n) is 2.92. The summed E-state index contributed by atoms with van der Waals surface area (Å²) in [6.07, 6.45) is 9.23. The third-order valence-corrected chi connectivity index (χ3v) is 3.99. The van der Waals surface area contributed by atoms with Gasteiger partial charge in [-0.25, -0.2) is 0 Å². The number of carbonyl (C=O) groups excluding carboxylic acids is 2. The average Bonchev–Trinajstić information content (AvgIpc) is 2.40. The molecule has 0 spiro atoms. The number of nitrogens with one attached hydrogen (secondary N) is 1. The number of hydrogen-bond donors (Lipinski definition) is 1. The van der Waals surface area contributed by atoms with E-state index in [1.807, 2.05) is 4.90 Å². The van der Waals surface area contributed by atoms with Crippen LogP contribution >= 0.6 is 0 Å². The van der Waals surface area contributed by atoms with Crippen LogP contribution in [0.3, 0.4) is 0 Å². The van der Waals surface area contributed by atoms with Crippen molar-refractivity contribution in [3.05, 3.63) is 0 Å². The van der Waals surface area contributed by atoms with Crippen LogP contribution in [0, 0.1) is 0 Å². The molecule has 102 valence electrons.